The molecule has 0 bridgehead atoms. The van der Waals surface area contributed by atoms with Crippen LogP contribution in [0, 0.1) is 11.3 Å². The number of benzene rings is 2. The molecule has 6 nitrogen and oxygen atoms in total. The van der Waals surface area contributed by atoms with Crippen molar-refractivity contribution in [2.75, 3.05) is 7.05 Å². The summed E-state index contributed by atoms with van der Waals surface area (Å²) in [4.78, 5) is 1.13. The van der Waals surface area contributed by atoms with Crippen LogP contribution in [-0.4, -0.2) is 29.6 Å². The molecule has 4 rings (SSSR count). The highest BCUT2D eigenvalue weighted by molar-refractivity contribution is 7.89. The van der Waals surface area contributed by atoms with Crippen molar-refractivity contribution >= 4 is 21.4 Å². The summed E-state index contributed by atoms with van der Waals surface area (Å²) < 4.78 is 29.1. The van der Waals surface area contributed by atoms with E-state index < -0.39 is 10.0 Å². The monoisotopic (exact) mass is 434 g/mol. The Morgan fingerprint density at radius 2 is 1.80 bits per heavy atom. The van der Waals surface area contributed by atoms with Gasteiger partial charge in [-0.15, -0.1) is 11.3 Å². The molecule has 0 N–H and O–H groups in total. The minimum Gasteiger partial charge on any atom is -0.240 e. The molecule has 0 atom stereocenters. The van der Waals surface area contributed by atoms with Gasteiger partial charge in [0, 0.05) is 25.4 Å². The van der Waals surface area contributed by atoms with E-state index in [2.05, 4.69) is 0 Å². The van der Waals surface area contributed by atoms with Gasteiger partial charge in [0.25, 0.3) is 0 Å². The standard InChI is InChI=1S/C22H18N4O2S2/c1-25(30(27,28)20-11-9-17(14-23)10-12-20)15-18-16-26(19-6-3-2-4-7-19)24-22(18)21-8-5-13-29-21/h2-13,16H,15H2,1H3. The van der Waals surface area contributed by atoms with Gasteiger partial charge in [-0.3, -0.25) is 0 Å². The molecule has 2 aromatic carbocycles. The van der Waals surface area contributed by atoms with E-state index in [9.17, 15) is 8.42 Å². The molecule has 2 heterocycles. The Morgan fingerprint density at radius 1 is 1.07 bits per heavy atom. The molecular formula is C22H18N4O2S2. The highest BCUT2D eigenvalue weighted by Gasteiger charge is 2.24. The molecule has 0 amide bonds. The van der Waals surface area contributed by atoms with Crippen molar-refractivity contribution in [1.29, 1.82) is 5.26 Å². The summed E-state index contributed by atoms with van der Waals surface area (Å²) >= 11 is 1.56. The lowest BCUT2D eigenvalue weighted by atomic mass is 10.2. The van der Waals surface area contributed by atoms with Crippen LogP contribution in [-0.2, 0) is 16.6 Å². The van der Waals surface area contributed by atoms with Gasteiger partial charge in [-0.2, -0.15) is 14.7 Å². The maximum absolute atomic E-state index is 13.0. The SMILES string of the molecule is CN(Cc1cn(-c2ccccc2)nc1-c1cccs1)S(=O)(=O)c1ccc(C#N)cc1. The van der Waals surface area contributed by atoms with Crippen molar-refractivity contribution in [2.24, 2.45) is 0 Å². The fourth-order valence-corrected chi connectivity index (χ4v) is 4.96. The Bertz CT molecular complexity index is 1290. The Balaban J connectivity index is 1.69. The quantitative estimate of drug-likeness (QED) is 0.453. The van der Waals surface area contributed by atoms with Crippen LogP contribution in [0.3, 0.4) is 0 Å². The number of sulfonamides is 1. The van der Waals surface area contributed by atoms with Crippen molar-refractivity contribution in [3.8, 4) is 22.3 Å². The smallest absolute Gasteiger partial charge is 0.240 e. The summed E-state index contributed by atoms with van der Waals surface area (Å²) in [6.45, 7) is 0.169. The summed E-state index contributed by atoms with van der Waals surface area (Å²) in [6.07, 6.45) is 1.87. The lowest BCUT2D eigenvalue weighted by Gasteiger charge is -2.17. The van der Waals surface area contributed by atoms with Crippen molar-refractivity contribution in [1.82, 2.24) is 14.1 Å². The average Bonchev–Trinajstić information content (AvgIpc) is 3.44. The maximum Gasteiger partial charge on any atom is 0.243 e. The number of nitriles is 1. The van der Waals surface area contributed by atoms with Crippen molar-refractivity contribution in [3.05, 3.63) is 89.4 Å². The van der Waals surface area contributed by atoms with Gasteiger partial charge in [0.1, 0.15) is 5.69 Å². The van der Waals surface area contributed by atoms with Crippen molar-refractivity contribution < 1.29 is 8.42 Å². The summed E-state index contributed by atoms with van der Waals surface area (Å²) in [6, 6.07) is 21.5. The first-order valence-corrected chi connectivity index (χ1v) is 11.5. The van der Waals surface area contributed by atoms with Gasteiger partial charge in [-0.1, -0.05) is 24.3 Å². The van der Waals surface area contributed by atoms with E-state index in [-0.39, 0.29) is 11.4 Å². The molecule has 0 saturated heterocycles. The van der Waals surface area contributed by atoms with Gasteiger partial charge in [0.15, 0.2) is 0 Å². The number of hydrogen-bond donors (Lipinski definition) is 0. The zero-order valence-electron chi connectivity index (χ0n) is 16.1. The number of rotatable bonds is 6. The normalized spacial score (nSPS) is 11.5. The molecular weight excluding hydrogens is 416 g/mol. The first-order chi connectivity index (χ1) is 14.5. The molecule has 0 unspecified atom stereocenters. The molecule has 0 aliphatic carbocycles. The molecule has 0 aliphatic rings. The van der Waals surface area contributed by atoms with Gasteiger partial charge in [-0.05, 0) is 47.8 Å². The van der Waals surface area contributed by atoms with E-state index in [4.69, 9.17) is 10.4 Å². The van der Waals surface area contributed by atoms with Crippen molar-refractivity contribution in [2.45, 2.75) is 11.4 Å². The largest absolute Gasteiger partial charge is 0.243 e. The van der Waals surface area contributed by atoms with Crippen LogP contribution in [0.4, 0.5) is 0 Å². The van der Waals surface area contributed by atoms with Crippen LogP contribution in [0.2, 0.25) is 0 Å². The lowest BCUT2D eigenvalue weighted by Crippen LogP contribution is -2.26. The van der Waals surface area contributed by atoms with E-state index in [1.165, 1.54) is 28.6 Å². The number of nitrogens with zero attached hydrogens (tertiary/aromatic N) is 4. The minimum absolute atomic E-state index is 0.150. The van der Waals surface area contributed by atoms with Gasteiger partial charge in [0.05, 0.1) is 27.1 Å². The topological polar surface area (TPSA) is 79.0 Å². The van der Waals surface area contributed by atoms with Gasteiger partial charge in [0.2, 0.25) is 10.0 Å². The molecule has 150 valence electrons. The fourth-order valence-electron chi connectivity index (χ4n) is 3.07. The van der Waals surface area contributed by atoms with Gasteiger partial charge in [-0.25, -0.2) is 13.1 Å². The number of para-hydroxylation sites is 1. The zero-order valence-corrected chi connectivity index (χ0v) is 17.8. The number of aromatic nitrogens is 2. The summed E-state index contributed by atoms with van der Waals surface area (Å²) in [5, 5.41) is 15.6. The molecule has 4 aromatic rings. The molecule has 30 heavy (non-hydrogen) atoms. The zero-order chi connectivity index (χ0) is 21.1. The van der Waals surface area contributed by atoms with Crippen LogP contribution in [0.5, 0.6) is 0 Å². The van der Waals surface area contributed by atoms with E-state index in [1.54, 1.807) is 23.1 Å². The predicted molar refractivity (Wildman–Crippen MR) is 117 cm³/mol. The van der Waals surface area contributed by atoms with Crippen LogP contribution < -0.4 is 0 Å². The van der Waals surface area contributed by atoms with Crippen LogP contribution in [0.25, 0.3) is 16.3 Å². The fraction of sp³-hybridized carbons (Fsp3) is 0.0909. The third kappa shape index (κ3) is 3.91. The minimum atomic E-state index is -3.71. The molecule has 0 aliphatic heterocycles. The third-order valence-electron chi connectivity index (χ3n) is 4.65. The first-order valence-electron chi connectivity index (χ1n) is 9.13. The highest BCUT2D eigenvalue weighted by Crippen LogP contribution is 2.29. The summed E-state index contributed by atoms with van der Waals surface area (Å²) in [5.74, 6) is 0. The van der Waals surface area contributed by atoms with E-state index in [0.29, 0.717) is 5.56 Å². The Kier molecular flexibility index (Phi) is 5.50. The second-order valence-electron chi connectivity index (χ2n) is 6.66. The van der Waals surface area contributed by atoms with E-state index in [0.717, 1.165) is 21.8 Å². The maximum atomic E-state index is 13.0. The van der Waals surface area contributed by atoms with Crippen LogP contribution in [0.1, 0.15) is 11.1 Å². The second kappa shape index (κ2) is 8.24. The highest BCUT2D eigenvalue weighted by atomic mass is 32.2. The van der Waals surface area contributed by atoms with Gasteiger partial charge < -0.3 is 0 Å². The summed E-state index contributed by atoms with van der Waals surface area (Å²) in [7, 11) is -2.17. The average molecular weight is 435 g/mol. The molecule has 8 heteroatoms. The Hall–Kier alpha value is -3.25. The summed E-state index contributed by atoms with van der Waals surface area (Å²) in [5.41, 5.74) is 2.89. The molecule has 0 fully saturated rings. The first kappa shape index (κ1) is 20.0. The molecule has 0 saturated carbocycles. The Labute approximate surface area is 179 Å². The number of thiophene rings is 1. The third-order valence-corrected chi connectivity index (χ3v) is 7.34. The van der Waals surface area contributed by atoms with Crippen LogP contribution in [0.15, 0.2) is 83.2 Å². The predicted octanol–water partition coefficient (Wildman–Crippen LogP) is 4.29. The van der Waals surface area contributed by atoms with E-state index >= 15 is 0 Å². The van der Waals surface area contributed by atoms with Crippen molar-refractivity contribution in [3.63, 3.8) is 0 Å². The van der Waals surface area contributed by atoms with E-state index in [1.807, 2.05) is 60.1 Å². The lowest BCUT2D eigenvalue weighted by molar-refractivity contribution is 0.467. The van der Waals surface area contributed by atoms with Gasteiger partial charge >= 0.3 is 0 Å². The van der Waals surface area contributed by atoms with Crippen LogP contribution >= 0.6 is 11.3 Å². The second-order valence-corrected chi connectivity index (χ2v) is 9.65. The number of hydrogen-bond acceptors (Lipinski definition) is 5. The molecule has 0 spiro atoms. The molecule has 0 radical (unpaired) electrons. The Morgan fingerprint density at radius 3 is 2.43 bits per heavy atom. The molecule has 2 aromatic heterocycles.